The van der Waals surface area contributed by atoms with Gasteiger partial charge in [-0.15, -0.1) is 0 Å². The van der Waals surface area contributed by atoms with Crippen LogP contribution in [-0.2, 0) is 0 Å². The van der Waals surface area contributed by atoms with Gasteiger partial charge in [0, 0.05) is 18.2 Å². The number of nitrogens with zero attached hydrogens (tertiary/aromatic N) is 1. The molecule has 0 aromatic rings. The summed E-state index contributed by atoms with van der Waals surface area (Å²) in [6.45, 7) is 3.37. The second-order valence-corrected chi connectivity index (χ2v) is 5.79. The summed E-state index contributed by atoms with van der Waals surface area (Å²) in [6.07, 6.45) is 9.97. The summed E-state index contributed by atoms with van der Waals surface area (Å²) in [5.74, 6) is 4.33. The number of hydrogen-bond donors (Lipinski definition) is 0. The molecule has 0 aromatic heterocycles. The predicted molar refractivity (Wildman–Crippen MR) is 64.3 cm³/mol. The fraction of sp³-hybridized carbons (Fsp3) is 0.929. The minimum absolute atomic E-state index is 0.956. The van der Waals surface area contributed by atoms with E-state index in [4.69, 9.17) is 4.99 Å². The van der Waals surface area contributed by atoms with Crippen LogP contribution in [0.5, 0.6) is 0 Å². The molecule has 0 radical (unpaired) electrons. The standard InChI is InChI=1S/C14H23N/c1-2-3-4-7-15-14-9-13(14)12-8-11(12)10-5-6-10/h10-13H,2-9H2,1H3/t11?,12?,13-/m1/s1. The molecule has 0 saturated heterocycles. The summed E-state index contributed by atoms with van der Waals surface area (Å²) in [7, 11) is 0. The van der Waals surface area contributed by atoms with Crippen LogP contribution in [0.15, 0.2) is 4.99 Å². The normalized spacial score (nSPS) is 40.9. The van der Waals surface area contributed by atoms with Crippen LogP contribution >= 0.6 is 0 Å². The van der Waals surface area contributed by atoms with Gasteiger partial charge in [-0.1, -0.05) is 19.8 Å². The molecule has 15 heavy (non-hydrogen) atoms. The lowest BCUT2D eigenvalue weighted by atomic mass is 10.1. The zero-order valence-corrected chi connectivity index (χ0v) is 9.91. The highest BCUT2D eigenvalue weighted by Gasteiger charge is 2.55. The molecule has 84 valence electrons. The molecule has 1 nitrogen and oxygen atoms in total. The average molecular weight is 205 g/mol. The lowest BCUT2D eigenvalue weighted by Gasteiger charge is -1.93. The van der Waals surface area contributed by atoms with Crippen LogP contribution in [-0.4, -0.2) is 12.3 Å². The fourth-order valence-electron chi connectivity index (χ4n) is 3.10. The average Bonchev–Trinajstić information content (AvgIpc) is 3.11. The molecule has 0 N–H and O–H groups in total. The van der Waals surface area contributed by atoms with E-state index in [1.165, 1.54) is 38.5 Å². The van der Waals surface area contributed by atoms with Crippen LogP contribution in [0.4, 0.5) is 0 Å². The summed E-state index contributed by atoms with van der Waals surface area (Å²) in [6, 6.07) is 0. The van der Waals surface area contributed by atoms with Crippen molar-refractivity contribution in [2.45, 2.75) is 51.9 Å². The Morgan fingerprint density at radius 3 is 2.80 bits per heavy atom. The summed E-state index contributed by atoms with van der Waals surface area (Å²) >= 11 is 0. The third kappa shape index (κ3) is 2.26. The zero-order chi connectivity index (χ0) is 10.3. The van der Waals surface area contributed by atoms with Gasteiger partial charge in [0.2, 0.25) is 0 Å². The lowest BCUT2D eigenvalue weighted by Crippen LogP contribution is -1.90. The molecule has 3 atom stereocenters. The van der Waals surface area contributed by atoms with Crippen molar-refractivity contribution in [1.82, 2.24) is 0 Å². The van der Waals surface area contributed by atoms with E-state index in [0.717, 1.165) is 30.2 Å². The van der Waals surface area contributed by atoms with Crippen LogP contribution in [0.3, 0.4) is 0 Å². The van der Waals surface area contributed by atoms with E-state index >= 15 is 0 Å². The number of rotatable bonds is 6. The van der Waals surface area contributed by atoms with Crippen LogP contribution in [0.25, 0.3) is 0 Å². The van der Waals surface area contributed by atoms with Gasteiger partial charge >= 0.3 is 0 Å². The number of aliphatic imine (C=N–C) groups is 1. The van der Waals surface area contributed by atoms with Gasteiger partial charge in [-0.25, -0.2) is 0 Å². The van der Waals surface area contributed by atoms with Crippen molar-refractivity contribution in [2.24, 2.45) is 28.7 Å². The minimum atomic E-state index is 0.956. The third-order valence-corrected chi connectivity index (χ3v) is 4.41. The molecule has 3 fully saturated rings. The van der Waals surface area contributed by atoms with Crippen LogP contribution in [0.1, 0.15) is 51.9 Å². The van der Waals surface area contributed by atoms with Crippen molar-refractivity contribution < 1.29 is 0 Å². The first kappa shape index (κ1) is 9.86. The van der Waals surface area contributed by atoms with Crippen molar-refractivity contribution in [2.75, 3.05) is 6.54 Å². The van der Waals surface area contributed by atoms with Crippen molar-refractivity contribution in [1.29, 1.82) is 0 Å². The van der Waals surface area contributed by atoms with E-state index in [1.54, 1.807) is 12.1 Å². The Hall–Kier alpha value is -0.330. The molecule has 0 spiro atoms. The van der Waals surface area contributed by atoms with Gasteiger partial charge in [0.25, 0.3) is 0 Å². The van der Waals surface area contributed by atoms with Crippen molar-refractivity contribution in [3.8, 4) is 0 Å². The molecule has 3 rings (SSSR count). The van der Waals surface area contributed by atoms with Gasteiger partial charge in [0.15, 0.2) is 0 Å². The van der Waals surface area contributed by atoms with Gasteiger partial charge in [-0.3, -0.25) is 4.99 Å². The maximum atomic E-state index is 4.75. The zero-order valence-electron chi connectivity index (χ0n) is 9.91. The maximum Gasteiger partial charge on any atom is 0.0388 e. The third-order valence-electron chi connectivity index (χ3n) is 4.41. The topological polar surface area (TPSA) is 12.4 Å². The lowest BCUT2D eigenvalue weighted by molar-refractivity contribution is 0.596. The predicted octanol–water partition coefficient (Wildman–Crippen LogP) is 3.68. The van der Waals surface area contributed by atoms with E-state index in [0.29, 0.717) is 0 Å². The molecule has 3 aliphatic carbocycles. The second-order valence-electron chi connectivity index (χ2n) is 5.79. The van der Waals surface area contributed by atoms with E-state index in [2.05, 4.69) is 6.92 Å². The Bertz CT molecular complexity index is 265. The maximum absolute atomic E-state index is 4.75. The molecule has 0 amide bonds. The highest BCUT2D eigenvalue weighted by Crippen LogP contribution is 2.61. The summed E-state index contributed by atoms with van der Waals surface area (Å²) in [5.41, 5.74) is 1.58. The molecule has 0 bridgehead atoms. The highest BCUT2D eigenvalue weighted by atomic mass is 14.8. The van der Waals surface area contributed by atoms with Gasteiger partial charge in [-0.05, 0) is 49.9 Å². The molecule has 0 heterocycles. The monoisotopic (exact) mass is 205 g/mol. The Labute approximate surface area is 93.4 Å². The van der Waals surface area contributed by atoms with E-state index < -0.39 is 0 Å². The fourth-order valence-corrected chi connectivity index (χ4v) is 3.10. The Morgan fingerprint density at radius 1 is 1.20 bits per heavy atom. The first-order chi connectivity index (χ1) is 7.40. The Kier molecular flexibility index (Phi) is 2.58. The van der Waals surface area contributed by atoms with Crippen molar-refractivity contribution >= 4 is 5.71 Å². The molecule has 0 aliphatic heterocycles. The molecule has 3 aliphatic rings. The quantitative estimate of drug-likeness (QED) is 0.586. The summed E-state index contributed by atoms with van der Waals surface area (Å²) in [4.78, 5) is 4.75. The smallest absolute Gasteiger partial charge is 0.0388 e. The number of hydrogen-bond acceptors (Lipinski definition) is 1. The van der Waals surface area contributed by atoms with E-state index in [-0.39, 0.29) is 0 Å². The van der Waals surface area contributed by atoms with Gasteiger partial charge in [0.05, 0.1) is 0 Å². The first-order valence-electron chi connectivity index (χ1n) is 6.93. The van der Waals surface area contributed by atoms with E-state index in [9.17, 15) is 0 Å². The van der Waals surface area contributed by atoms with Gasteiger partial charge in [-0.2, -0.15) is 0 Å². The number of unbranched alkanes of at least 4 members (excludes halogenated alkanes) is 2. The van der Waals surface area contributed by atoms with Gasteiger partial charge < -0.3 is 0 Å². The second kappa shape index (κ2) is 3.92. The highest BCUT2D eigenvalue weighted by molar-refractivity contribution is 6.01. The van der Waals surface area contributed by atoms with E-state index in [1.807, 2.05) is 0 Å². The van der Waals surface area contributed by atoms with Crippen molar-refractivity contribution in [3.05, 3.63) is 0 Å². The summed E-state index contributed by atoms with van der Waals surface area (Å²) < 4.78 is 0. The molecular formula is C14H23N. The molecule has 0 aromatic carbocycles. The van der Waals surface area contributed by atoms with Crippen molar-refractivity contribution in [3.63, 3.8) is 0 Å². The molecule has 1 heteroatoms. The Morgan fingerprint density at radius 2 is 2.07 bits per heavy atom. The Balaban J connectivity index is 1.37. The summed E-state index contributed by atoms with van der Waals surface area (Å²) in [5, 5.41) is 0. The van der Waals surface area contributed by atoms with Crippen LogP contribution in [0.2, 0.25) is 0 Å². The molecule has 3 saturated carbocycles. The minimum Gasteiger partial charge on any atom is -0.294 e. The van der Waals surface area contributed by atoms with Crippen LogP contribution < -0.4 is 0 Å². The largest absolute Gasteiger partial charge is 0.294 e. The molecular weight excluding hydrogens is 182 g/mol. The first-order valence-corrected chi connectivity index (χ1v) is 6.93. The van der Waals surface area contributed by atoms with Crippen LogP contribution in [0, 0.1) is 23.7 Å². The molecule has 2 unspecified atom stereocenters. The SMILES string of the molecule is CCCCCN=C1C[C@@H]1C1CC1C1CC1. The van der Waals surface area contributed by atoms with Gasteiger partial charge in [0.1, 0.15) is 0 Å².